The van der Waals surface area contributed by atoms with Gasteiger partial charge < -0.3 is 14.5 Å². The summed E-state index contributed by atoms with van der Waals surface area (Å²) in [5, 5.41) is 0.527. The van der Waals surface area contributed by atoms with Crippen LogP contribution in [0.2, 0.25) is 0 Å². The Morgan fingerprint density at radius 1 is 1.35 bits per heavy atom. The van der Waals surface area contributed by atoms with E-state index >= 15 is 0 Å². The lowest BCUT2D eigenvalue weighted by Gasteiger charge is -2.07. The second kappa shape index (κ2) is 7.20. The molecule has 26 heavy (non-hydrogen) atoms. The smallest absolute Gasteiger partial charge is 0.387 e. The lowest BCUT2D eigenvalue weighted by atomic mass is 10.2. The van der Waals surface area contributed by atoms with E-state index in [-0.39, 0.29) is 29.3 Å². The molecule has 6 nitrogen and oxygen atoms in total. The summed E-state index contributed by atoms with van der Waals surface area (Å²) >= 11 is 1.39. The molecule has 0 aliphatic rings. The van der Waals surface area contributed by atoms with Crippen molar-refractivity contribution in [2.45, 2.75) is 27.1 Å². The number of rotatable bonds is 5. The van der Waals surface area contributed by atoms with Crippen LogP contribution in [0, 0.1) is 13.8 Å². The van der Waals surface area contributed by atoms with Gasteiger partial charge in [0, 0.05) is 4.88 Å². The van der Waals surface area contributed by atoms with Gasteiger partial charge in [-0.3, -0.25) is 4.79 Å². The van der Waals surface area contributed by atoms with Crippen molar-refractivity contribution in [2.24, 2.45) is 0 Å². The van der Waals surface area contributed by atoms with Crippen LogP contribution in [-0.4, -0.2) is 22.5 Å². The van der Waals surface area contributed by atoms with E-state index in [1.807, 2.05) is 13.8 Å². The fraction of sp³-hybridized carbons (Fsp3) is 0.235. The van der Waals surface area contributed by atoms with Crippen LogP contribution in [0.15, 0.2) is 29.1 Å². The molecule has 0 amide bonds. The molecular weight excluding hydrogens is 366 g/mol. The van der Waals surface area contributed by atoms with Crippen LogP contribution in [0.5, 0.6) is 5.75 Å². The van der Waals surface area contributed by atoms with Crippen molar-refractivity contribution in [1.82, 2.24) is 9.97 Å². The largest absolute Gasteiger partial charge is 0.454 e. The molecule has 1 N–H and O–H groups in total. The van der Waals surface area contributed by atoms with Crippen LogP contribution in [0.4, 0.5) is 8.78 Å². The van der Waals surface area contributed by atoms with E-state index in [0.717, 1.165) is 16.5 Å². The number of carbonyl (C=O) groups excluding carboxylic acids is 1. The number of carbonyl (C=O) groups is 1. The lowest BCUT2D eigenvalue weighted by Crippen LogP contribution is -2.14. The SMILES string of the molecule is Cc1sc2nc(COC(=O)c3cccc(OC(F)F)c3)[nH]c(=O)c2c1C. The van der Waals surface area contributed by atoms with E-state index in [4.69, 9.17) is 4.74 Å². The zero-order chi connectivity index (χ0) is 18.8. The number of halogens is 2. The van der Waals surface area contributed by atoms with Crippen LogP contribution in [0.1, 0.15) is 26.6 Å². The van der Waals surface area contributed by atoms with Crippen molar-refractivity contribution in [1.29, 1.82) is 0 Å². The molecule has 0 fully saturated rings. The Labute approximate surface area is 150 Å². The van der Waals surface area contributed by atoms with Gasteiger partial charge in [0.2, 0.25) is 0 Å². The van der Waals surface area contributed by atoms with Gasteiger partial charge in [-0.05, 0) is 37.6 Å². The summed E-state index contributed by atoms with van der Waals surface area (Å²) in [6, 6.07) is 5.26. The van der Waals surface area contributed by atoms with Gasteiger partial charge in [-0.25, -0.2) is 9.78 Å². The standard InChI is InChI=1S/C17H14F2N2O4S/c1-8-9(2)26-15-13(8)14(22)20-12(21-15)7-24-16(23)10-4-3-5-11(6-10)25-17(18)19/h3-6,17H,7H2,1-2H3,(H,20,21,22). The third-order valence-electron chi connectivity index (χ3n) is 3.72. The third-order valence-corrected chi connectivity index (χ3v) is 4.82. The Morgan fingerprint density at radius 2 is 2.12 bits per heavy atom. The maximum atomic E-state index is 12.2. The summed E-state index contributed by atoms with van der Waals surface area (Å²) in [6.45, 7) is 0.508. The highest BCUT2D eigenvalue weighted by atomic mass is 32.1. The van der Waals surface area contributed by atoms with Crippen molar-refractivity contribution in [3.63, 3.8) is 0 Å². The number of nitrogens with zero attached hydrogens (tertiary/aromatic N) is 1. The highest BCUT2D eigenvalue weighted by molar-refractivity contribution is 7.18. The molecule has 3 rings (SSSR count). The van der Waals surface area contributed by atoms with Crippen LogP contribution >= 0.6 is 11.3 Å². The molecule has 0 aliphatic carbocycles. The van der Waals surface area contributed by atoms with Gasteiger partial charge >= 0.3 is 12.6 Å². The van der Waals surface area contributed by atoms with E-state index in [0.29, 0.717) is 10.2 Å². The fourth-order valence-corrected chi connectivity index (χ4v) is 3.43. The van der Waals surface area contributed by atoms with Crippen molar-refractivity contribution in [3.8, 4) is 5.75 Å². The number of alkyl halides is 2. The Bertz CT molecular complexity index is 1030. The lowest BCUT2D eigenvalue weighted by molar-refractivity contribution is -0.0499. The minimum Gasteiger partial charge on any atom is -0.454 e. The summed E-state index contributed by atoms with van der Waals surface area (Å²) in [7, 11) is 0. The summed E-state index contributed by atoms with van der Waals surface area (Å²) in [5.41, 5.74) is 0.628. The predicted molar refractivity (Wildman–Crippen MR) is 91.9 cm³/mol. The maximum Gasteiger partial charge on any atom is 0.387 e. The quantitative estimate of drug-likeness (QED) is 0.685. The number of benzene rings is 1. The van der Waals surface area contributed by atoms with E-state index in [2.05, 4.69) is 14.7 Å². The number of aryl methyl sites for hydroxylation is 2. The molecule has 1 aromatic carbocycles. The second-order valence-corrected chi connectivity index (χ2v) is 6.66. The molecular formula is C17H14F2N2O4S. The van der Waals surface area contributed by atoms with Gasteiger partial charge in [0.05, 0.1) is 10.9 Å². The van der Waals surface area contributed by atoms with Crippen molar-refractivity contribution >= 4 is 27.5 Å². The Kier molecular flexibility index (Phi) is 4.99. The normalized spacial score (nSPS) is 11.1. The first-order valence-corrected chi connectivity index (χ1v) is 8.37. The molecule has 0 unspecified atom stereocenters. The molecule has 3 aromatic rings. The second-order valence-electron chi connectivity index (χ2n) is 5.46. The molecule has 0 saturated heterocycles. The van der Waals surface area contributed by atoms with Crippen LogP contribution < -0.4 is 10.3 Å². The van der Waals surface area contributed by atoms with Crippen molar-refractivity contribution in [2.75, 3.05) is 0 Å². The summed E-state index contributed by atoms with van der Waals surface area (Å²) in [5.74, 6) is -0.685. The van der Waals surface area contributed by atoms with E-state index < -0.39 is 12.6 Å². The first kappa shape index (κ1) is 18.0. The summed E-state index contributed by atoms with van der Waals surface area (Å²) in [6.07, 6.45) is 0. The average molecular weight is 380 g/mol. The van der Waals surface area contributed by atoms with Crippen molar-refractivity contribution < 1.29 is 23.0 Å². The highest BCUT2D eigenvalue weighted by Crippen LogP contribution is 2.25. The Balaban J connectivity index is 1.76. The maximum absolute atomic E-state index is 12.2. The molecule has 9 heteroatoms. The minimum absolute atomic E-state index is 0.0504. The molecule has 0 aliphatic heterocycles. The molecule has 2 heterocycles. The monoisotopic (exact) mass is 380 g/mol. The number of fused-ring (bicyclic) bond motifs is 1. The molecule has 2 aromatic heterocycles. The molecule has 0 saturated carbocycles. The number of aromatic amines is 1. The summed E-state index contributed by atoms with van der Waals surface area (Å²) in [4.78, 5) is 32.7. The van der Waals surface area contributed by atoms with Gasteiger partial charge in [0.1, 0.15) is 23.0 Å². The van der Waals surface area contributed by atoms with Gasteiger partial charge in [0.15, 0.2) is 0 Å². The van der Waals surface area contributed by atoms with Gasteiger partial charge in [0.25, 0.3) is 5.56 Å². The first-order valence-electron chi connectivity index (χ1n) is 7.56. The first-order chi connectivity index (χ1) is 12.3. The Hall–Kier alpha value is -2.81. The van der Waals surface area contributed by atoms with Crippen LogP contribution in [-0.2, 0) is 11.3 Å². The molecule has 0 spiro atoms. The third kappa shape index (κ3) is 3.72. The zero-order valence-electron chi connectivity index (χ0n) is 13.8. The number of hydrogen-bond donors (Lipinski definition) is 1. The average Bonchev–Trinajstić information content (AvgIpc) is 2.87. The molecule has 0 atom stereocenters. The zero-order valence-corrected chi connectivity index (χ0v) is 14.7. The van der Waals surface area contributed by atoms with E-state index in [1.165, 1.54) is 29.5 Å². The van der Waals surface area contributed by atoms with Gasteiger partial charge in [-0.2, -0.15) is 8.78 Å². The molecule has 136 valence electrons. The Morgan fingerprint density at radius 3 is 2.85 bits per heavy atom. The number of nitrogens with one attached hydrogen (secondary N) is 1. The van der Waals surface area contributed by atoms with E-state index in [1.54, 1.807) is 0 Å². The number of aromatic nitrogens is 2. The van der Waals surface area contributed by atoms with Crippen molar-refractivity contribution in [3.05, 3.63) is 56.4 Å². The molecule has 0 bridgehead atoms. The predicted octanol–water partition coefficient (Wildman–Crippen LogP) is 3.56. The summed E-state index contributed by atoms with van der Waals surface area (Å²) < 4.78 is 33.8. The number of thiophene rings is 1. The highest BCUT2D eigenvalue weighted by Gasteiger charge is 2.14. The topological polar surface area (TPSA) is 81.3 Å². The fourth-order valence-electron chi connectivity index (χ4n) is 2.38. The minimum atomic E-state index is -2.99. The number of ether oxygens (including phenoxy) is 2. The molecule has 0 radical (unpaired) electrons. The van der Waals surface area contributed by atoms with Gasteiger partial charge in [-0.1, -0.05) is 6.07 Å². The van der Waals surface area contributed by atoms with Crippen LogP contribution in [0.3, 0.4) is 0 Å². The number of hydrogen-bond acceptors (Lipinski definition) is 6. The van der Waals surface area contributed by atoms with Gasteiger partial charge in [-0.15, -0.1) is 11.3 Å². The van der Waals surface area contributed by atoms with E-state index in [9.17, 15) is 18.4 Å². The van der Waals surface area contributed by atoms with Crippen LogP contribution in [0.25, 0.3) is 10.2 Å². The number of H-pyrrole nitrogens is 1. The number of esters is 1.